The largest absolute Gasteiger partial charge is 0.486 e. The first-order valence-corrected chi connectivity index (χ1v) is 10.3. The number of nitrogens with zero attached hydrogens (tertiary/aromatic N) is 3. The highest BCUT2D eigenvalue weighted by Gasteiger charge is 2.38. The molecule has 1 aromatic carbocycles. The number of aliphatic hydroxyl groups excluding tert-OH is 2. The summed E-state index contributed by atoms with van der Waals surface area (Å²) in [7, 11) is 0. The molecule has 3 atom stereocenters. The van der Waals surface area contributed by atoms with Crippen molar-refractivity contribution in [3.8, 4) is 5.75 Å². The number of amides is 1. The zero-order chi connectivity index (χ0) is 21.8. The lowest BCUT2D eigenvalue weighted by molar-refractivity contribution is -0.0609. The minimum atomic E-state index is -0.951. The first kappa shape index (κ1) is 21.7. The minimum Gasteiger partial charge on any atom is -0.486 e. The minimum absolute atomic E-state index is 0.0414. The number of carbonyl (C=O) groups is 1. The summed E-state index contributed by atoms with van der Waals surface area (Å²) < 4.78 is 29.1. The Morgan fingerprint density at radius 2 is 1.94 bits per heavy atom. The molecule has 168 valence electrons. The van der Waals surface area contributed by atoms with Crippen LogP contribution in [0, 0.1) is 5.82 Å². The molecular weight excluding hydrogens is 409 g/mol. The average molecular weight is 435 g/mol. The molecule has 0 radical (unpaired) electrons. The van der Waals surface area contributed by atoms with E-state index in [0.717, 1.165) is 0 Å². The molecule has 1 aromatic heterocycles. The van der Waals surface area contributed by atoms with E-state index < -0.39 is 18.2 Å². The summed E-state index contributed by atoms with van der Waals surface area (Å²) in [5.41, 5.74) is 0.129. The van der Waals surface area contributed by atoms with Crippen LogP contribution in [0.1, 0.15) is 22.7 Å². The number of aromatic nitrogens is 1. The van der Waals surface area contributed by atoms with E-state index in [4.69, 9.17) is 14.0 Å². The molecule has 0 spiro atoms. The third-order valence-electron chi connectivity index (χ3n) is 5.67. The second-order valence-corrected chi connectivity index (χ2v) is 7.73. The molecule has 2 aromatic rings. The van der Waals surface area contributed by atoms with Crippen molar-refractivity contribution in [2.24, 2.45) is 0 Å². The van der Waals surface area contributed by atoms with Crippen molar-refractivity contribution in [2.75, 3.05) is 39.4 Å². The number of likely N-dealkylation sites (tertiary alicyclic amines) is 1. The van der Waals surface area contributed by atoms with Gasteiger partial charge in [0, 0.05) is 32.2 Å². The lowest BCUT2D eigenvalue weighted by Gasteiger charge is -2.38. The van der Waals surface area contributed by atoms with E-state index >= 15 is 0 Å². The van der Waals surface area contributed by atoms with Gasteiger partial charge in [-0.25, -0.2) is 4.39 Å². The number of rotatable bonds is 5. The SMILES string of the molecule is O=C(c1cc(COc2ccc(F)cc2)on1)N1CC[C@@H](O)[C@@H](O)[C@H](N2CCOCC2)C1. The molecule has 2 saturated heterocycles. The lowest BCUT2D eigenvalue weighted by Crippen LogP contribution is -2.55. The summed E-state index contributed by atoms with van der Waals surface area (Å²) in [6.07, 6.45) is -1.60. The summed E-state index contributed by atoms with van der Waals surface area (Å²) in [6, 6.07) is 6.69. The second kappa shape index (κ2) is 9.73. The fourth-order valence-corrected chi connectivity index (χ4v) is 3.89. The Balaban J connectivity index is 1.41. The molecule has 1 amide bonds. The lowest BCUT2D eigenvalue weighted by atomic mass is 10.0. The number of carbonyl (C=O) groups excluding carboxylic acids is 1. The Labute approximate surface area is 178 Å². The quantitative estimate of drug-likeness (QED) is 0.705. The fourth-order valence-electron chi connectivity index (χ4n) is 3.89. The topological polar surface area (TPSA) is 108 Å². The van der Waals surface area contributed by atoms with Crippen LogP contribution in [-0.4, -0.2) is 88.7 Å². The van der Waals surface area contributed by atoms with Crippen LogP contribution in [0.3, 0.4) is 0 Å². The molecular formula is C21H26FN3O6. The van der Waals surface area contributed by atoms with Crippen molar-refractivity contribution in [2.45, 2.75) is 31.3 Å². The highest BCUT2D eigenvalue weighted by molar-refractivity contribution is 5.92. The zero-order valence-corrected chi connectivity index (χ0v) is 17.0. The van der Waals surface area contributed by atoms with Gasteiger partial charge < -0.3 is 29.1 Å². The van der Waals surface area contributed by atoms with E-state index in [9.17, 15) is 19.4 Å². The molecule has 9 nitrogen and oxygen atoms in total. The molecule has 4 rings (SSSR count). The summed E-state index contributed by atoms with van der Waals surface area (Å²) in [5, 5.41) is 24.8. The Morgan fingerprint density at radius 3 is 2.68 bits per heavy atom. The maximum atomic E-state index is 13.0. The molecule has 2 N–H and O–H groups in total. The van der Waals surface area contributed by atoms with Crippen molar-refractivity contribution < 1.29 is 33.4 Å². The van der Waals surface area contributed by atoms with Crippen LogP contribution in [0.2, 0.25) is 0 Å². The molecule has 2 fully saturated rings. The number of hydrogen-bond donors (Lipinski definition) is 2. The predicted molar refractivity (Wildman–Crippen MR) is 106 cm³/mol. The van der Waals surface area contributed by atoms with Crippen LogP contribution in [0.5, 0.6) is 5.75 Å². The summed E-state index contributed by atoms with van der Waals surface area (Å²) >= 11 is 0. The van der Waals surface area contributed by atoms with Gasteiger partial charge in [-0.3, -0.25) is 9.69 Å². The van der Waals surface area contributed by atoms with Gasteiger partial charge in [0.05, 0.1) is 31.5 Å². The molecule has 2 aliphatic rings. The van der Waals surface area contributed by atoms with Gasteiger partial charge in [-0.2, -0.15) is 0 Å². The van der Waals surface area contributed by atoms with Gasteiger partial charge >= 0.3 is 0 Å². The summed E-state index contributed by atoms with van der Waals surface area (Å²) in [4.78, 5) is 16.7. The van der Waals surface area contributed by atoms with Crippen LogP contribution in [0.25, 0.3) is 0 Å². The van der Waals surface area contributed by atoms with Crippen molar-refractivity contribution in [3.63, 3.8) is 0 Å². The molecule has 3 heterocycles. The van der Waals surface area contributed by atoms with Crippen LogP contribution < -0.4 is 4.74 Å². The van der Waals surface area contributed by atoms with Gasteiger partial charge in [0.15, 0.2) is 11.5 Å². The average Bonchev–Trinajstić information content (AvgIpc) is 3.22. The van der Waals surface area contributed by atoms with Crippen molar-refractivity contribution in [3.05, 3.63) is 47.6 Å². The number of morpholine rings is 1. The van der Waals surface area contributed by atoms with Crippen LogP contribution in [0.15, 0.2) is 34.9 Å². The third kappa shape index (κ3) is 5.21. The van der Waals surface area contributed by atoms with Gasteiger partial charge in [-0.05, 0) is 30.7 Å². The molecule has 31 heavy (non-hydrogen) atoms. The van der Waals surface area contributed by atoms with Gasteiger partial charge in [0.25, 0.3) is 5.91 Å². The van der Waals surface area contributed by atoms with Gasteiger partial charge in [0.1, 0.15) is 18.2 Å². The second-order valence-electron chi connectivity index (χ2n) is 7.73. The third-order valence-corrected chi connectivity index (χ3v) is 5.67. The molecule has 10 heteroatoms. The smallest absolute Gasteiger partial charge is 0.276 e. The summed E-state index contributed by atoms with van der Waals surface area (Å²) in [5.74, 6) is 0.126. The van der Waals surface area contributed by atoms with E-state index in [1.165, 1.54) is 30.3 Å². The highest BCUT2D eigenvalue weighted by atomic mass is 19.1. The molecule has 2 aliphatic heterocycles. The molecule has 0 bridgehead atoms. The van der Waals surface area contributed by atoms with Crippen molar-refractivity contribution in [1.82, 2.24) is 15.0 Å². The monoisotopic (exact) mass is 435 g/mol. The Kier molecular flexibility index (Phi) is 6.81. The van der Waals surface area contributed by atoms with Gasteiger partial charge in [-0.15, -0.1) is 0 Å². The number of hydrogen-bond acceptors (Lipinski definition) is 8. The Bertz CT molecular complexity index is 870. The molecule has 0 unspecified atom stereocenters. The van der Waals surface area contributed by atoms with E-state index in [-0.39, 0.29) is 37.0 Å². The van der Waals surface area contributed by atoms with Crippen molar-refractivity contribution >= 4 is 5.91 Å². The van der Waals surface area contributed by atoms with E-state index in [1.807, 2.05) is 4.90 Å². The fraction of sp³-hybridized carbons (Fsp3) is 0.524. The normalized spacial score (nSPS) is 25.3. The number of ether oxygens (including phenoxy) is 2. The first-order valence-electron chi connectivity index (χ1n) is 10.3. The molecule has 0 aliphatic carbocycles. The van der Waals surface area contributed by atoms with Gasteiger partial charge in [0.2, 0.25) is 0 Å². The van der Waals surface area contributed by atoms with E-state index in [0.29, 0.717) is 44.4 Å². The van der Waals surface area contributed by atoms with Crippen molar-refractivity contribution in [1.29, 1.82) is 0 Å². The number of benzene rings is 1. The standard InChI is InChI=1S/C21H26FN3O6/c22-14-1-3-15(4-2-14)30-13-16-11-17(23-31-16)21(28)25-6-5-19(26)20(27)18(12-25)24-7-9-29-10-8-24/h1-4,11,18-20,26-27H,5-10,12-13H2/t18-,19-,20+/m1/s1. The number of halogens is 1. The predicted octanol–water partition coefficient (Wildman–Crippen LogP) is 0.661. The van der Waals surface area contributed by atoms with Crippen LogP contribution >= 0.6 is 0 Å². The van der Waals surface area contributed by atoms with E-state index in [2.05, 4.69) is 5.16 Å². The zero-order valence-electron chi connectivity index (χ0n) is 17.0. The first-order chi connectivity index (χ1) is 15.0. The summed E-state index contributed by atoms with van der Waals surface area (Å²) in [6.45, 7) is 2.97. The van der Waals surface area contributed by atoms with Crippen LogP contribution in [0.4, 0.5) is 4.39 Å². The van der Waals surface area contributed by atoms with E-state index in [1.54, 1.807) is 4.90 Å². The Morgan fingerprint density at radius 1 is 1.19 bits per heavy atom. The van der Waals surface area contributed by atoms with Gasteiger partial charge in [-0.1, -0.05) is 5.16 Å². The maximum absolute atomic E-state index is 13.0. The molecule has 0 saturated carbocycles. The van der Waals surface area contributed by atoms with Crippen LogP contribution in [-0.2, 0) is 11.3 Å². The Hall–Kier alpha value is -2.53. The maximum Gasteiger partial charge on any atom is 0.276 e. The highest BCUT2D eigenvalue weighted by Crippen LogP contribution is 2.21. The number of aliphatic hydroxyl groups is 2.